The average Bonchev–Trinajstić information content (AvgIpc) is 3.29. The first-order valence-electron chi connectivity index (χ1n) is 10.5. The Hall–Kier alpha value is -3.19. The van der Waals surface area contributed by atoms with E-state index < -0.39 is 0 Å². The summed E-state index contributed by atoms with van der Waals surface area (Å²) in [6.07, 6.45) is 1.42. The molecule has 1 aromatic carbocycles. The SMILES string of the molecule is O=C(Nc1ccc2n(c1=O)C[C@@H]1C[C@@H]2CN(C(=O)Cc2cccs2)C1)c1ccccc1. The van der Waals surface area contributed by atoms with Crippen LogP contribution in [-0.4, -0.2) is 34.4 Å². The van der Waals surface area contributed by atoms with E-state index in [0.717, 1.165) is 17.0 Å². The summed E-state index contributed by atoms with van der Waals surface area (Å²) in [5.41, 5.74) is 1.59. The molecule has 3 aromatic rings. The predicted molar refractivity (Wildman–Crippen MR) is 121 cm³/mol. The highest BCUT2D eigenvalue weighted by Crippen LogP contribution is 2.35. The van der Waals surface area contributed by atoms with E-state index in [-0.39, 0.29) is 29.2 Å². The number of hydrogen-bond acceptors (Lipinski definition) is 4. The molecule has 2 aliphatic rings. The van der Waals surface area contributed by atoms with Gasteiger partial charge in [0, 0.05) is 41.7 Å². The van der Waals surface area contributed by atoms with Crippen LogP contribution in [0.2, 0.25) is 0 Å². The Kier molecular flexibility index (Phi) is 5.19. The number of likely N-dealkylation sites (tertiary alicyclic amines) is 1. The lowest BCUT2D eigenvalue weighted by molar-refractivity contribution is -0.133. The van der Waals surface area contributed by atoms with Crippen molar-refractivity contribution in [2.75, 3.05) is 18.4 Å². The standard InChI is InChI=1S/C24H23N3O3S/c28-22(12-19-7-4-10-31-19)26-13-16-11-18(15-26)21-9-8-20(24(30)27(21)14-16)25-23(29)17-5-2-1-3-6-17/h1-10,16,18H,11-15H2,(H,25,29)/t16-,18-/m1/s1. The zero-order valence-electron chi connectivity index (χ0n) is 17.0. The van der Waals surface area contributed by atoms with Crippen molar-refractivity contribution in [1.29, 1.82) is 0 Å². The van der Waals surface area contributed by atoms with E-state index in [1.807, 2.05) is 34.5 Å². The minimum atomic E-state index is -0.292. The number of benzene rings is 1. The second-order valence-electron chi connectivity index (χ2n) is 8.26. The van der Waals surface area contributed by atoms with Crippen LogP contribution in [0.4, 0.5) is 5.69 Å². The number of hydrogen-bond donors (Lipinski definition) is 1. The summed E-state index contributed by atoms with van der Waals surface area (Å²) >= 11 is 1.60. The lowest BCUT2D eigenvalue weighted by Crippen LogP contribution is -2.49. The Bertz CT molecular complexity index is 1170. The molecule has 2 amide bonds. The van der Waals surface area contributed by atoms with Gasteiger partial charge in [-0.25, -0.2) is 0 Å². The van der Waals surface area contributed by atoms with Crippen molar-refractivity contribution >= 4 is 28.8 Å². The molecule has 7 heteroatoms. The molecule has 158 valence electrons. The van der Waals surface area contributed by atoms with E-state index >= 15 is 0 Å². The second kappa shape index (κ2) is 8.15. The zero-order valence-corrected chi connectivity index (χ0v) is 17.8. The summed E-state index contributed by atoms with van der Waals surface area (Å²) in [5.74, 6) is 0.252. The number of fused-ring (bicyclic) bond motifs is 4. The molecule has 0 aliphatic carbocycles. The van der Waals surface area contributed by atoms with Gasteiger partial charge in [-0.15, -0.1) is 11.3 Å². The molecule has 0 spiro atoms. The lowest BCUT2D eigenvalue weighted by atomic mass is 9.83. The summed E-state index contributed by atoms with van der Waals surface area (Å²) in [6.45, 7) is 1.88. The Balaban J connectivity index is 1.35. The molecule has 0 saturated carbocycles. The van der Waals surface area contributed by atoms with Crippen LogP contribution in [0.25, 0.3) is 0 Å². The molecule has 4 heterocycles. The molecule has 1 saturated heterocycles. The van der Waals surface area contributed by atoms with Gasteiger partial charge in [0.2, 0.25) is 5.91 Å². The normalized spacial score (nSPS) is 19.5. The first-order chi connectivity index (χ1) is 15.1. The van der Waals surface area contributed by atoms with E-state index in [2.05, 4.69) is 5.32 Å². The maximum Gasteiger partial charge on any atom is 0.274 e. The molecular weight excluding hydrogens is 410 g/mol. The smallest absolute Gasteiger partial charge is 0.274 e. The fourth-order valence-corrected chi connectivity index (χ4v) is 5.40. The van der Waals surface area contributed by atoms with Crippen molar-refractivity contribution in [3.8, 4) is 0 Å². The number of carbonyl (C=O) groups excluding carboxylic acids is 2. The van der Waals surface area contributed by atoms with E-state index in [0.29, 0.717) is 37.3 Å². The number of anilines is 1. The van der Waals surface area contributed by atoms with Crippen LogP contribution in [0.1, 0.15) is 33.3 Å². The average molecular weight is 434 g/mol. The van der Waals surface area contributed by atoms with Crippen molar-refractivity contribution in [2.45, 2.75) is 25.3 Å². The van der Waals surface area contributed by atoms with E-state index in [1.54, 1.807) is 46.2 Å². The van der Waals surface area contributed by atoms with Crippen molar-refractivity contribution < 1.29 is 9.59 Å². The number of aromatic nitrogens is 1. The van der Waals surface area contributed by atoms with Crippen LogP contribution in [0.15, 0.2) is 64.8 Å². The lowest BCUT2D eigenvalue weighted by Gasteiger charge is -2.43. The van der Waals surface area contributed by atoms with Gasteiger partial charge in [-0.3, -0.25) is 14.4 Å². The van der Waals surface area contributed by atoms with E-state index in [4.69, 9.17) is 0 Å². The second-order valence-corrected chi connectivity index (χ2v) is 9.29. The Morgan fingerprint density at radius 1 is 1.00 bits per heavy atom. The molecule has 2 bridgehead atoms. The maximum atomic E-state index is 13.1. The van der Waals surface area contributed by atoms with Crippen LogP contribution < -0.4 is 10.9 Å². The van der Waals surface area contributed by atoms with Crippen molar-refractivity contribution in [2.24, 2.45) is 5.92 Å². The van der Waals surface area contributed by atoms with Gasteiger partial charge in [0.15, 0.2) is 0 Å². The summed E-state index contributed by atoms with van der Waals surface area (Å²) < 4.78 is 1.79. The van der Waals surface area contributed by atoms with Crippen LogP contribution in [0.5, 0.6) is 0 Å². The van der Waals surface area contributed by atoms with Gasteiger partial charge in [0.05, 0.1) is 6.42 Å². The molecular formula is C24H23N3O3S. The number of rotatable bonds is 4. The molecule has 2 atom stereocenters. The Morgan fingerprint density at radius 3 is 2.61 bits per heavy atom. The van der Waals surface area contributed by atoms with Crippen LogP contribution in [0.3, 0.4) is 0 Å². The highest BCUT2D eigenvalue weighted by Gasteiger charge is 2.36. The van der Waals surface area contributed by atoms with E-state index in [1.165, 1.54) is 0 Å². The van der Waals surface area contributed by atoms with Crippen LogP contribution in [0, 0.1) is 5.92 Å². The molecule has 0 unspecified atom stereocenters. The number of amides is 2. The molecule has 5 rings (SSSR count). The quantitative estimate of drug-likeness (QED) is 0.686. The Morgan fingerprint density at radius 2 is 1.84 bits per heavy atom. The predicted octanol–water partition coefficient (Wildman–Crippen LogP) is 3.35. The monoisotopic (exact) mass is 433 g/mol. The van der Waals surface area contributed by atoms with Gasteiger partial charge >= 0.3 is 0 Å². The van der Waals surface area contributed by atoms with Gasteiger partial charge < -0.3 is 14.8 Å². The topological polar surface area (TPSA) is 71.4 Å². The highest BCUT2D eigenvalue weighted by atomic mass is 32.1. The molecule has 6 nitrogen and oxygen atoms in total. The molecule has 0 radical (unpaired) electrons. The number of thiophene rings is 1. The molecule has 31 heavy (non-hydrogen) atoms. The number of nitrogens with one attached hydrogen (secondary N) is 1. The molecule has 1 fully saturated rings. The third-order valence-corrected chi connectivity index (χ3v) is 7.02. The largest absolute Gasteiger partial charge is 0.341 e. The third kappa shape index (κ3) is 3.93. The number of carbonyl (C=O) groups is 2. The summed E-state index contributed by atoms with van der Waals surface area (Å²) in [4.78, 5) is 41.4. The number of nitrogens with zero attached hydrogens (tertiary/aromatic N) is 2. The van der Waals surface area contributed by atoms with Crippen LogP contribution >= 0.6 is 11.3 Å². The molecule has 2 aliphatic heterocycles. The summed E-state index contributed by atoms with van der Waals surface area (Å²) in [7, 11) is 0. The van der Waals surface area contributed by atoms with Gasteiger partial charge in [-0.1, -0.05) is 24.3 Å². The first-order valence-corrected chi connectivity index (χ1v) is 11.4. The highest BCUT2D eigenvalue weighted by molar-refractivity contribution is 7.10. The summed E-state index contributed by atoms with van der Waals surface area (Å²) in [5, 5.41) is 4.75. The van der Waals surface area contributed by atoms with Gasteiger partial charge in [-0.05, 0) is 48.1 Å². The fourth-order valence-electron chi connectivity index (χ4n) is 4.70. The van der Waals surface area contributed by atoms with Gasteiger partial charge in [0.25, 0.3) is 11.5 Å². The van der Waals surface area contributed by atoms with E-state index in [9.17, 15) is 14.4 Å². The van der Waals surface area contributed by atoms with Gasteiger partial charge in [0.1, 0.15) is 5.69 Å². The third-order valence-electron chi connectivity index (χ3n) is 6.15. The first kappa shape index (κ1) is 19.8. The minimum absolute atomic E-state index is 0.145. The fraction of sp³-hybridized carbons (Fsp3) is 0.292. The maximum absolute atomic E-state index is 13.1. The van der Waals surface area contributed by atoms with Gasteiger partial charge in [-0.2, -0.15) is 0 Å². The molecule has 2 aromatic heterocycles. The zero-order chi connectivity index (χ0) is 21.4. The summed E-state index contributed by atoms with van der Waals surface area (Å²) in [6, 6.07) is 16.5. The Labute approximate surface area is 184 Å². The number of piperidine rings is 1. The number of pyridine rings is 1. The van der Waals surface area contributed by atoms with Crippen molar-refractivity contribution in [1.82, 2.24) is 9.47 Å². The van der Waals surface area contributed by atoms with Crippen LogP contribution in [-0.2, 0) is 17.8 Å². The molecule has 1 N–H and O–H groups in total. The minimum Gasteiger partial charge on any atom is -0.341 e. The van der Waals surface area contributed by atoms with Crippen molar-refractivity contribution in [3.63, 3.8) is 0 Å². The van der Waals surface area contributed by atoms with Crippen molar-refractivity contribution in [3.05, 3.63) is 86.5 Å².